The number of urea groups is 1. The number of aryl methyl sites for hydroxylation is 1. The van der Waals surface area contributed by atoms with Gasteiger partial charge in [0.1, 0.15) is 0 Å². The van der Waals surface area contributed by atoms with Crippen LogP contribution in [0.4, 0.5) is 10.5 Å². The standard InChI is InChI=1S/C18H22N4O2/c1-12-9-15(6-7-16(12)13(2)23)21-18(24)22-8-4-3-5-17(22)14-10-19-20-11-14/h6-7,9-11,17H,3-5,8H2,1-2H3,(H,19,20)(H,21,24). The number of amides is 2. The lowest BCUT2D eigenvalue weighted by Crippen LogP contribution is -2.41. The lowest BCUT2D eigenvalue weighted by molar-refractivity contribution is 0.101. The fourth-order valence-corrected chi connectivity index (χ4v) is 3.30. The molecule has 2 N–H and O–H groups in total. The van der Waals surface area contributed by atoms with Crippen molar-refractivity contribution in [3.63, 3.8) is 0 Å². The third-order valence-corrected chi connectivity index (χ3v) is 4.52. The van der Waals surface area contributed by atoms with E-state index in [0.717, 1.165) is 36.9 Å². The molecule has 2 heterocycles. The smallest absolute Gasteiger partial charge is 0.317 e. The number of H-pyrrole nitrogens is 1. The maximum atomic E-state index is 12.7. The van der Waals surface area contributed by atoms with Crippen molar-refractivity contribution < 1.29 is 9.59 Å². The lowest BCUT2D eigenvalue weighted by Gasteiger charge is -2.35. The van der Waals surface area contributed by atoms with Gasteiger partial charge in [0.2, 0.25) is 0 Å². The van der Waals surface area contributed by atoms with Crippen molar-refractivity contribution in [3.8, 4) is 0 Å². The molecule has 0 bridgehead atoms. The lowest BCUT2D eigenvalue weighted by atomic mass is 9.98. The number of nitrogens with one attached hydrogen (secondary N) is 2. The predicted molar refractivity (Wildman–Crippen MR) is 92.1 cm³/mol. The Morgan fingerprint density at radius 2 is 2.17 bits per heavy atom. The Balaban J connectivity index is 1.76. The van der Waals surface area contributed by atoms with Crippen molar-refractivity contribution in [1.82, 2.24) is 15.1 Å². The molecular weight excluding hydrogens is 304 g/mol. The number of hydrogen-bond donors (Lipinski definition) is 2. The van der Waals surface area contributed by atoms with Crippen LogP contribution in [0.2, 0.25) is 0 Å². The number of likely N-dealkylation sites (tertiary alicyclic amines) is 1. The summed E-state index contributed by atoms with van der Waals surface area (Å²) in [6.45, 7) is 4.15. The summed E-state index contributed by atoms with van der Waals surface area (Å²) in [6.07, 6.45) is 6.68. The molecule has 1 aliphatic heterocycles. The fraction of sp³-hybridized carbons (Fsp3) is 0.389. The van der Waals surface area contributed by atoms with E-state index in [9.17, 15) is 9.59 Å². The van der Waals surface area contributed by atoms with E-state index in [2.05, 4.69) is 15.5 Å². The van der Waals surface area contributed by atoms with Gasteiger partial charge >= 0.3 is 6.03 Å². The number of carbonyl (C=O) groups excluding carboxylic acids is 2. The van der Waals surface area contributed by atoms with Crippen molar-refractivity contribution >= 4 is 17.5 Å². The van der Waals surface area contributed by atoms with Crippen molar-refractivity contribution in [2.45, 2.75) is 39.2 Å². The van der Waals surface area contributed by atoms with Crippen LogP contribution < -0.4 is 5.32 Å². The Labute approximate surface area is 141 Å². The highest BCUT2D eigenvalue weighted by molar-refractivity contribution is 5.97. The molecule has 1 unspecified atom stereocenters. The summed E-state index contributed by atoms with van der Waals surface area (Å²) >= 11 is 0. The molecule has 1 aliphatic rings. The number of hydrogen-bond acceptors (Lipinski definition) is 3. The Kier molecular flexibility index (Phi) is 4.64. The van der Waals surface area contributed by atoms with Gasteiger partial charge in [-0.15, -0.1) is 0 Å². The molecule has 2 aromatic rings. The number of anilines is 1. The molecule has 1 aromatic carbocycles. The summed E-state index contributed by atoms with van der Waals surface area (Å²) in [6, 6.07) is 5.31. The summed E-state index contributed by atoms with van der Waals surface area (Å²) < 4.78 is 0. The Hall–Kier alpha value is -2.63. The minimum absolute atomic E-state index is 0.0291. The van der Waals surface area contributed by atoms with E-state index in [1.165, 1.54) is 0 Å². The quantitative estimate of drug-likeness (QED) is 0.845. The zero-order valence-electron chi connectivity index (χ0n) is 14.0. The van der Waals surface area contributed by atoms with Gasteiger partial charge in [-0.1, -0.05) is 0 Å². The molecule has 1 saturated heterocycles. The van der Waals surface area contributed by atoms with E-state index < -0.39 is 0 Å². The predicted octanol–water partition coefficient (Wildman–Crippen LogP) is 3.68. The van der Waals surface area contributed by atoms with E-state index in [0.29, 0.717) is 11.3 Å². The number of aromatic nitrogens is 2. The van der Waals surface area contributed by atoms with Crippen LogP contribution in [0, 0.1) is 6.92 Å². The van der Waals surface area contributed by atoms with Gasteiger partial charge in [-0.05, 0) is 56.9 Å². The first-order valence-corrected chi connectivity index (χ1v) is 8.24. The number of carbonyl (C=O) groups is 2. The highest BCUT2D eigenvalue weighted by Gasteiger charge is 2.28. The van der Waals surface area contributed by atoms with Gasteiger partial charge in [-0.2, -0.15) is 5.10 Å². The Bertz CT molecular complexity index is 739. The van der Waals surface area contributed by atoms with Crippen LogP contribution in [0.1, 0.15) is 53.7 Å². The molecular formula is C18H22N4O2. The number of aromatic amines is 1. The molecule has 6 nitrogen and oxygen atoms in total. The molecule has 0 spiro atoms. The molecule has 0 radical (unpaired) electrons. The first-order valence-electron chi connectivity index (χ1n) is 8.24. The number of rotatable bonds is 3. The van der Waals surface area contributed by atoms with E-state index in [-0.39, 0.29) is 17.9 Å². The van der Waals surface area contributed by atoms with Gasteiger partial charge < -0.3 is 10.2 Å². The molecule has 126 valence electrons. The SMILES string of the molecule is CC(=O)c1ccc(NC(=O)N2CCCCC2c2cn[nH]c2)cc1C. The van der Waals surface area contributed by atoms with Crippen LogP contribution in [0.15, 0.2) is 30.6 Å². The first-order chi connectivity index (χ1) is 11.6. The average molecular weight is 326 g/mol. The molecule has 1 atom stereocenters. The fourth-order valence-electron chi connectivity index (χ4n) is 3.30. The van der Waals surface area contributed by atoms with Crippen LogP contribution in [-0.4, -0.2) is 33.5 Å². The molecule has 0 saturated carbocycles. The van der Waals surface area contributed by atoms with Gasteiger partial charge in [0.05, 0.1) is 12.2 Å². The third-order valence-electron chi connectivity index (χ3n) is 4.52. The topological polar surface area (TPSA) is 78.1 Å². The average Bonchev–Trinajstić information content (AvgIpc) is 3.09. The summed E-state index contributed by atoms with van der Waals surface area (Å²) in [4.78, 5) is 26.1. The zero-order valence-corrected chi connectivity index (χ0v) is 14.0. The van der Waals surface area contributed by atoms with Crippen molar-refractivity contribution in [2.24, 2.45) is 0 Å². The van der Waals surface area contributed by atoms with E-state index >= 15 is 0 Å². The van der Waals surface area contributed by atoms with Crippen LogP contribution in [0.25, 0.3) is 0 Å². The monoisotopic (exact) mass is 326 g/mol. The molecule has 1 aromatic heterocycles. The number of benzene rings is 1. The minimum Gasteiger partial charge on any atom is -0.317 e. The number of nitrogens with zero attached hydrogens (tertiary/aromatic N) is 2. The summed E-state index contributed by atoms with van der Waals surface area (Å²) in [5, 5.41) is 9.77. The summed E-state index contributed by atoms with van der Waals surface area (Å²) in [5.74, 6) is 0.0291. The van der Waals surface area contributed by atoms with Crippen LogP contribution in [0.5, 0.6) is 0 Å². The zero-order chi connectivity index (χ0) is 17.1. The van der Waals surface area contributed by atoms with Crippen LogP contribution >= 0.6 is 0 Å². The Morgan fingerprint density at radius 3 is 2.83 bits per heavy atom. The van der Waals surface area contributed by atoms with Crippen molar-refractivity contribution in [3.05, 3.63) is 47.3 Å². The number of piperidine rings is 1. The van der Waals surface area contributed by atoms with Crippen LogP contribution in [0.3, 0.4) is 0 Å². The molecule has 24 heavy (non-hydrogen) atoms. The van der Waals surface area contributed by atoms with Crippen LogP contribution in [-0.2, 0) is 0 Å². The second kappa shape index (κ2) is 6.86. The second-order valence-electron chi connectivity index (χ2n) is 6.25. The molecule has 6 heteroatoms. The van der Waals surface area contributed by atoms with Gasteiger partial charge in [0.25, 0.3) is 0 Å². The highest BCUT2D eigenvalue weighted by Crippen LogP contribution is 2.31. The van der Waals surface area contributed by atoms with E-state index in [1.54, 1.807) is 25.3 Å². The highest BCUT2D eigenvalue weighted by atomic mass is 16.2. The number of Topliss-reactive ketones (excluding diaryl/α,β-unsaturated/α-hetero) is 1. The second-order valence-corrected chi connectivity index (χ2v) is 6.25. The van der Waals surface area contributed by atoms with E-state index in [4.69, 9.17) is 0 Å². The first kappa shape index (κ1) is 16.2. The molecule has 0 aliphatic carbocycles. The minimum atomic E-state index is -0.115. The van der Waals surface area contributed by atoms with E-state index in [1.807, 2.05) is 24.1 Å². The molecule has 3 rings (SSSR count). The maximum absolute atomic E-state index is 12.7. The summed E-state index contributed by atoms with van der Waals surface area (Å²) in [7, 11) is 0. The van der Waals surface area contributed by atoms with Gasteiger partial charge in [0.15, 0.2) is 5.78 Å². The van der Waals surface area contributed by atoms with Gasteiger partial charge in [0, 0.05) is 29.6 Å². The maximum Gasteiger partial charge on any atom is 0.322 e. The largest absolute Gasteiger partial charge is 0.322 e. The van der Waals surface area contributed by atoms with Crippen molar-refractivity contribution in [2.75, 3.05) is 11.9 Å². The summed E-state index contributed by atoms with van der Waals surface area (Å²) in [5.41, 5.74) is 3.29. The molecule has 1 fully saturated rings. The normalized spacial score (nSPS) is 17.6. The molecule has 2 amide bonds. The van der Waals surface area contributed by atoms with Crippen molar-refractivity contribution in [1.29, 1.82) is 0 Å². The van der Waals surface area contributed by atoms with Gasteiger partial charge in [-0.3, -0.25) is 9.89 Å². The number of ketones is 1. The van der Waals surface area contributed by atoms with Gasteiger partial charge in [-0.25, -0.2) is 4.79 Å². The Morgan fingerprint density at radius 1 is 1.33 bits per heavy atom. The third kappa shape index (κ3) is 3.32.